The molecule has 0 fully saturated rings. The standard InChI is InChI=1S/C19H22N2O3/c1-3-16-18(9-8-13(2)20-16)24-12-19(23)21-10-14-6-4-5-7-15(14)17(22)11-21/h4-9,17,22H,3,10-12H2,1-2H3/t17-/m0/s1. The number of pyridine rings is 1. The number of hydrogen-bond donors (Lipinski definition) is 1. The fourth-order valence-electron chi connectivity index (χ4n) is 2.98. The second-order valence-corrected chi connectivity index (χ2v) is 6.03. The number of aryl methyl sites for hydroxylation is 2. The molecule has 1 aromatic carbocycles. The molecule has 0 saturated heterocycles. The monoisotopic (exact) mass is 326 g/mol. The Morgan fingerprint density at radius 2 is 2.12 bits per heavy atom. The average Bonchev–Trinajstić information content (AvgIpc) is 2.60. The molecule has 1 atom stereocenters. The van der Waals surface area contributed by atoms with E-state index >= 15 is 0 Å². The predicted molar refractivity (Wildman–Crippen MR) is 90.7 cm³/mol. The number of amides is 1. The maximum atomic E-state index is 12.5. The molecule has 0 radical (unpaired) electrons. The molecule has 2 heterocycles. The Bertz CT molecular complexity index is 745. The van der Waals surface area contributed by atoms with Gasteiger partial charge in [-0.15, -0.1) is 0 Å². The Balaban J connectivity index is 1.66. The highest BCUT2D eigenvalue weighted by Gasteiger charge is 2.26. The van der Waals surface area contributed by atoms with E-state index in [4.69, 9.17) is 4.74 Å². The van der Waals surface area contributed by atoms with Crippen molar-refractivity contribution < 1.29 is 14.6 Å². The minimum absolute atomic E-state index is 0.0490. The van der Waals surface area contributed by atoms with Crippen LogP contribution >= 0.6 is 0 Å². The highest BCUT2D eigenvalue weighted by molar-refractivity contribution is 5.78. The highest BCUT2D eigenvalue weighted by atomic mass is 16.5. The lowest BCUT2D eigenvalue weighted by atomic mass is 9.97. The van der Waals surface area contributed by atoms with E-state index in [9.17, 15) is 9.90 Å². The van der Waals surface area contributed by atoms with Gasteiger partial charge in [0.15, 0.2) is 6.61 Å². The number of ether oxygens (including phenoxy) is 1. The van der Waals surface area contributed by atoms with Gasteiger partial charge in [-0.2, -0.15) is 0 Å². The van der Waals surface area contributed by atoms with Gasteiger partial charge in [-0.25, -0.2) is 0 Å². The van der Waals surface area contributed by atoms with Gasteiger partial charge < -0.3 is 14.7 Å². The quantitative estimate of drug-likeness (QED) is 0.937. The zero-order chi connectivity index (χ0) is 17.1. The summed E-state index contributed by atoms with van der Waals surface area (Å²) in [6.45, 7) is 4.69. The number of hydrogen-bond acceptors (Lipinski definition) is 4. The summed E-state index contributed by atoms with van der Waals surface area (Å²) in [5.74, 6) is 0.514. The molecule has 5 heteroatoms. The zero-order valence-electron chi connectivity index (χ0n) is 14.0. The first-order valence-corrected chi connectivity index (χ1v) is 8.21. The van der Waals surface area contributed by atoms with Crippen molar-refractivity contribution >= 4 is 5.91 Å². The van der Waals surface area contributed by atoms with E-state index in [0.717, 1.165) is 28.9 Å². The fraction of sp³-hybridized carbons (Fsp3) is 0.368. The molecule has 0 unspecified atom stereocenters. The number of benzene rings is 1. The molecule has 1 aromatic heterocycles. The Kier molecular flexibility index (Phi) is 4.81. The van der Waals surface area contributed by atoms with Crippen LogP contribution in [0.25, 0.3) is 0 Å². The predicted octanol–water partition coefficient (Wildman–Crippen LogP) is 2.41. The number of aliphatic hydroxyl groups excluding tert-OH is 1. The summed E-state index contributed by atoms with van der Waals surface area (Å²) < 4.78 is 5.69. The smallest absolute Gasteiger partial charge is 0.260 e. The number of carbonyl (C=O) groups excluding carboxylic acids is 1. The number of aliphatic hydroxyl groups is 1. The number of aromatic nitrogens is 1. The lowest BCUT2D eigenvalue weighted by Crippen LogP contribution is -2.40. The fourth-order valence-corrected chi connectivity index (χ4v) is 2.98. The van der Waals surface area contributed by atoms with Crippen LogP contribution in [0.15, 0.2) is 36.4 Å². The number of nitrogens with zero attached hydrogens (tertiary/aromatic N) is 2. The van der Waals surface area contributed by atoms with Crippen molar-refractivity contribution in [1.82, 2.24) is 9.88 Å². The molecule has 0 aliphatic carbocycles. The molecule has 1 N–H and O–H groups in total. The van der Waals surface area contributed by atoms with Crippen molar-refractivity contribution in [2.24, 2.45) is 0 Å². The zero-order valence-corrected chi connectivity index (χ0v) is 14.0. The van der Waals surface area contributed by atoms with Crippen molar-refractivity contribution in [2.45, 2.75) is 32.9 Å². The van der Waals surface area contributed by atoms with E-state index < -0.39 is 6.10 Å². The molecule has 2 aromatic rings. The molecule has 1 amide bonds. The maximum absolute atomic E-state index is 12.5. The minimum atomic E-state index is -0.647. The molecule has 0 spiro atoms. The van der Waals surface area contributed by atoms with Crippen LogP contribution in [0, 0.1) is 6.92 Å². The van der Waals surface area contributed by atoms with E-state index in [0.29, 0.717) is 18.8 Å². The van der Waals surface area contributed by atoms with Crippen molar-refractivity contribution in [2.75, 3.05) is 13.2 Å². The summed E-state index contributed by atoms with van der Waals surface area (Å²) in [4.78, 5) is 18.5. The topological polar surface area (TPSA) is 62.7 Å². The normalized spacial score (nSPS) is 16.6. The van der Waals surface area contributed by atoms with Crippen LogP contribution in [0.2, 0.25) is 0 Å². The lowest BCUT2D eigenvalue weighted by Gasteiger charge is -2.32. The molecule has 1 aliphatic heterocycles. The molecule has 1 aliphatic rings. The third-order valence-electron chi connectivity index (χ3n) is 4.28. The Morgan fingerprint density at radius 1 is 1.33 bits per heavy atom. The summed E-state index contributed by atoms with van der Waals surface area (Å²) >= 11 is 0. The molecule has 5 nitrogen and oxygen atoms in total. The molecule has 3 rings (SSSR count). The molecule has 0 saturated carbocycles. The van der Waals surface area contributed by atoms with Crippen molar-refractivity contribution in [3.8, 4) is 5.75 Å². The largest absolute Gasteiger partial charge is 0.482 e. The number of fused-ring (bicyclic) bond motifs is 1. The number of β-amino-alcohol motifs (C(OH)–C–C–N with tert-alkyl or cyclic N) is 1. The minimum Gasteiger partial charge on any atom is -0.482 e. The summed E-state index contributed by atoms with van der Waals surface area (Å²) in [7, 11) is 0. The third-order valence-corrected chi connectivity index (χ3v) is 4.28. The van der Waals surface area contributed by atoms with Crippen molar-refractivity contribution in [3.63, 3.8) is 0 Å². The van der Waals surface area contributed by atoms with Gasteiger partial charge in [0.2, 0.25) is 0 Å². The van der Waals surface area contributed by atoms with Gasteiger partial charge in [0.05, 0.1) is 18.3 Å². The summed E-state index contributed by atoms with van der Waals surface area (Å²) in [5.41, 5.74) is 3.67. The van der Waals surface area contributed by atoms with Crippen LogP contribution in [-0.4, -0.2) is 34.0 Å². The van der Waals surface area contributed by atoms with Gasteiger partial charge in [0.25, 0.3) is 5.91 Å². The van der Waals surface area contributed by atoms with Crippen LogP contribution in [0.3, 0.4) is 0 Å². The first-order valence-electron chi connectivity index (χ1n) is 8.21. The number of rotatable bonds is 4. The van der Waals surface area contributed by atoms with E-state index in [2.05, 4.69) is 4.98 Å². The van der Waals surface area contributed by atoms with Crippen LogP contribution < -0.4 is 4.74 Å². The van der Waals surface area contributed by atoms with Gasteiger partial charge in [-0.3, -0.25) is 9.78 Å². The third kappa shape index (κ3) is 3.41. The van der Waals surface area contributed by atoms with Gasteiger partial charge in [0.1, 0.15) is 5.75 Å². The first kappa shape index (κ1) is 16.5. The van der Waals surface area contributed by atoms with E-state index in [1.54, 1.807) is 4.90 Å². The molecule has 0 bridgehead atoms. The number of carbonyl (C=O) groups is 1. The maximum Gasteiger partial charge on any atom is 0.260 e. The first-order chi connectivity index (χ1) is 11.6. The summed E-state index contributed by atoms with van der Waals surface area (Å²) in [5, 5.41) is 10.2. The van der Waals surface area contributed by atoms with Gasteiger partial charge in [-0.05, 0) is 36.6 Å². The SMILES string of the molecule is CCc1nc(C)ccc1OCC(=O)N1Cc2ccccc2[C@@H](O)C1. The Hall–Kier alpha value is -2.40. The van der Waals surface area contributed by atoms with Crippen molar-refractivity contribution in [1.29, 1.82) is 0 Å². The van der Waals surface area contributed by atoms with Crippen LogP contribution in [0.1, 0.15) is 35.5 Å². The van der Waals surface area contributed by atoms with Gasteiger partial charge in [-0.1, -0.05) is 31.2 Å². The highest BCUT2D eigenvalue weighted by Crippen LogP contribution is 2.26. The molecule has 24 heavy (non-hydrogen) atoms. The Labute approximate surface area is 141 Å². The summed E-state index contributed by atoms with van der Waals surface area (Å²) in [6.07, 6.45) is 0.104. The lowest BCUT2D eigenvalue weighted by molar-refractivity contribution is -0.136. The van der Waals surface area contributed by atoms with Crippen molar-refractivity contribution in [3.05, 3.63) is 58.9 Å². The average molecular weight is 326 g/mol. The second-order valence-electron chi connectivity index (χ2n) is 6.03. The second kappa shape index (κ2) is 7.01. The van der Waals surface area contributed by atoms with Crippen LogP contribution in [-0.2, 0) is 17.8 Å². The summed E-state index contributed by atoms with van der Waals surface area (Å²) in [6, 6.07) is 11.4. The van der Waals surface area contributed by atoms with E-state index in [1.807, 2.05) is 50.2 Å². The molecule has 126 valence electrons. The van der Waals surface area contributed by atoms with Crippen LogP contribution in [0.5, 0.6) is 5.75 Å². The molecular formula is C19H22N2O3. The van der Waals surface area contributed by atoms with Gasteiger partial charge in [0, 0.05) is 12.2 Å². The van der Waals surface area contributed by atoms with E-state index in [-0.39, 0.29) is 12.5 Å². The van der Waals surface area contributed by atoms with Gasteiger partial charge >= 0.3 is 0 Å². The van der Waals surface area contributed by atoms with E-state index in [1.165, 1.54) is 0 Å². The Morgan fingerprint density at radius 3 is 2.92 bits per heavy atom. The van der Waals surface area contributed by atoms with Crippen LogP contribution in [0.4, 0.5) is 0 Å². The molecular weight excluding hydrogens is 304 g/mol.